The third-order valence-corrected chi connectivity index (χ3v) is 4.51. The number of oxime groups is 1. The summed E-state index contributed by atoms with van der Waals surface area (Å²) in [5.74, 6) is -0.770. The molecule has 30 heavy (non-hydrogen) atoms. The summed E-state index contributed by atoms with van der Waals surface area (Å²) in [5, 5.41) is 13.3. The van der Waals surface area contributed by atoms with Crippen molar-refractivity contribution in [1.82, 2.24) is 0 Å². The minimum absolute atomic E-state index is 0.196. The van der Waals surface area contributed by atoms with Gasteiger partial charge in [0.2, 0.25) is 0 Å². The number of ether oxygens (including phenoxy) is 1. The number of carboxylic acids is 1. The first kappa shape index (κ1) is 23.4. The second-order valence-corrected chi connectivity index (χ2v) is 8.14. The molecule has 0 saturated heterocycles. The fourth-order valence-corrected chi connectivity index (χ4v) is 3.09. The summed E-state index contributed by atoms with van der Waals surface area (Å²) in [7, 11) is -3.56. The molecule has 0 heterocycles. The second-order valence-electron chi connectivity index (χ2n) is 6.57. The van der Waals surface area contributed by atoms with E-state index in [1.807, 2.05) is 24.3 Å². The van der Waals surface area contributed by atoms with Gasteiger partial charge < -0.3 is 18.9 Å². The van der Waals surface area contributed by atoms with Crippen molar-refractivity contribution in [2.45, 2.75) is 33.0 Å². The highest BCUT2D eigenvalue weighted by molar-refractivity contribution is 7.86. The average Bonchev–Trinajstić information content (AvgIpc) is 2.68. The zero-order valence-corrected chi connectivity index (χ0v) is 17.9. The number of carbonyl (C=O) groups is 1. The van der Waals surface area contributed by atoms with Crippen molar-refractivity contribution in [2.75, 3.05) is 12.9 Å². The van der Waals surface area contributed by atoms with Crippen molar-refractivity contribution >= 4 is 21.8 Å². The molecule has 2 aromatic carbocycles. The summed E-state index contributed by atoms with van der Waals surface area (Å²) in [6.07, 6.45) is 0.343. The van der Waals surface area contributed by atoms with Gasteiger partial charge in [0.25, 0.3) is 0 Å². The molecule has 0 aliphatic carbocycles. The zero-order chi connectivity index (χ0) is 22.1. The van der Waals surface area contributed by atoms with Gasteiger partial charge >= 0.3 is 16.1 Å². The Balaban J connectivity index is 1.98. The molecule has 2 aromatic rings. The normalized spacial score (nSPS) is 13.0. The molecule has 0 spiro atoms. The Morgan fingerprint density at radius 3 is 2.43 bits per heavy atom. The Labute approximate surface area is 176 Å². The minimum Gasteiger partial charge on any atom is -0.479 e. The number of hydrogen-bond donors (Lipinski definition) is 1. The quantitative estimate of drug-likeness (QED) is 0.328. The first-order valence-corrected chi connectivity index (χ1v) is 11.1. The number of benzene rings is 2. The zero-order valence-electron chi connectivity index (χ0n) is 17.1. The van der Waals surface area contributed by atoms with E-state index in [0.29, 0.717) is 12.3 Å². The van der Waals surface area contributed by atoms with Crippen LogP contribution >= 0.6 is 0 Å². The topological polar surface area (TPSA) is 111 Å². The van der Waals surface area contributed by atoms with E-state index in [1.54, 1.807) is 26.0 Å². The second kappa shape index (κ2) is 10.7. The minimum atomic E-state index is -3.56. The third-order valence-electron chi connectivity index (χ3n) is 4.01. The monoisotopic (exact) mass is 435 g/mol. The standard InChI is InChI=1S/C21H25NO7S/c1-4-27-20(21(23)24)13-17-6-5-7-18(12-17)15(2)22-28-14-16-8-10-19(11-9-16)29-30(3,25)26/h5-12,20H,4,13-14H2,1-3H3,(H,23,24)/b22-15+. The predicted octanol–water partition coefficient (Wildman–Crippen LogP) is 3.00. The highest BCUT2D eigenvalue weighted by atomic mass is 32.2. The number of carboxylic acid groups (broad SMARTS) is 1. The molecule has 0 fully saturated rings. The molecule has 0 aromatic heterocycles. The highest BCUT2D eigenvalue weighted by Crippen LogP contribution is 2.15. The van der Waals surface area contributed by atoms with Crippen LogP contribution in [0.2, 0.25) is 0 Å². The summed E-state index contributed by atoms with van der Waals surface area (Å²) < 4.78 is 32.3. The molecule has 162 valence electrons. The van der Waals surface area contributed by atoms with Gasteiger partial charge in [0.05, 0.1) is 12.0 Å². The summed E-state index contributed by atoms with van der Waals surface area (Å²) >= 11 is 0. The van der Waals surface area contributed by atoms with E-state index < -0.39 is 22.2 Å². The Morgan fingerprint density at radius 1 is 1.13 bits per heavy atom. The van der Waals surface area contributed by atoms with E-state index in [2.05, 4.69) is 5.16 Å². The summed E-state index contributed by atoms with van der Waals surface area (Å²) in [6.45, 7) is 4.07. The van der Waals surface area contributed by atoms with Crippen LogP contribution in [0.5, 0.6) is 5.75 Å². The highest BCUT2D eigenvalue weighted by Gasteiger charge is 2.18. The summed E-state index contributed by atoms with van der Waals surface area (Å²) in [6, 6.07) is 13.8. The fourth-order valence-electron chi connectivity index (χ4n) is 2.63. The maximum atomic E-state index is 11.3. The molecule has 0 radical (unpaired) electrons. The van der Waals surface area contributed by atoms with Crippen LogP contribution in [-0.4, -0.2) is 44.2 Å². The lowest BCUT2D eigenvalue weighted by molar-refractivity contribution is -0.149. The van der Waals surface area contributed by atoms with Gasteiger partial charge in [-0.05, 0) is 48.7 Å². The van der Waals surface area contributed by atoms with Crippen molar-refractivity contribution < 1.29 is 32.1 Å². The average molecular weight is 435 g/mol. The van der Waals surface area contributed by atoms with Gasteiger partial charge in [-0.15, -0.1) is 0 Å². The van der Waals surface area contributed by atoms with Crippen LogP contribution in [-0.2, 0) is 37.5 Å². The molecule has 0 amide bonds. The van der Waals surface area contributed by atoms with E-state index in [4.69, 9.17) is 13.8 Å². The molecule has 0 saturated carbocycles. The molecule has 9 heteroatoms. The third kappa shape index (κ3) is 7.84. The maximum absolute atomic E-state index is 11.3. The van der Waals surface area contributed by atoms with E-state index >= 15 is 0 Å². The first-order chi connectivity index (χ1) is 14.2. The van der Waals surface area contributed by atoms with Crippen LogP contribution in [0, 0.1) is 0 Å². The number of aliphatic carboxylic acids is 1. The van der Waals surface area contributed by atoms with E-state index in [0.717, 1.165) is 22.9 Å². The number of rotatable bonds is 11. The van der Waals surface area contributed by atoms with Gasteiger partial charge in [-0.25, -0.2) is 4.79 Å². The van der Waals surface area contributed by atoms with Crippen LogP contribution in [0.3, 0.4) is 0 Å². The van der Waals surface area contributed by atoms with Gasteiger partial charge in [-0.3, -0.25) is 0 Å². The molecule has 0 bridgehead atoms. The molecule has 8 nitrogen and oxygen atoms in total. The van der Waals surface area contributed by atoms with Crippen LogP contribution in [0.4, 0.5) is 0 Å². The van der Waals surface area contributed by atoms with Crippen molar-refractivity contribution in [3.8, 4) is 5.75 Å². The first-order valence-electron chi connectivity index (χ1n) is 9.26. The van der Waals surface area contributed by atoms with Gasteiger partial charge in [-0.2, -0.15) is 8.42 Å². The van der Waals surface area contributed by atoms with Crippen molar-refractivity contribution in [2.24, 2.45) is 5.16 Å². The van der Waals surface area contributed by atoms with Gasteiger partial charge in [0, 0.05) is 13.0 Å². The lowest BCUT2D eigenvalue weighted by atomic mass is 10.0. The van der Waals surface area contributed by atoms with Crippen LogP contribution < -0.4 is 4.18 Å². The maximum Gasteiger partial charge on any atom is 0.333 e. The fraction of sp³-hybridized carbons (Fsp3) is 0.333. The van der Waals surface area contributed by atoms with E-state index in [9.17, 15) is 18.3 Å². The molecule has 0 aliphatic rings. The van der Waals surface area contributed by atoms with Gasteiger partial charge in [-0.1, -0.05) is 35.5 Å². The molecule has 1 unspecified atom stereocenters. The van der Waals surface area contributed by atoms with Crippen molar-refractivity contribution in [1.29, 1.82) is 0 Å². The molecule has 2 rings (SSSR count). The molecule has 1 atom stereocenters. The SMILES string of the molecule is CCOC(Cc1cccc(/C(C)=N/OCc2ccc(OS(C)(=O)=O)cc2)c1)C(=O)O. The van der Waals surface area contributed by atoms with Crippen LogP contribution in [0.1, 0.15) is 30.5 Å². The van der Waals surface area contributed by atoms with Gasteiger partial charge in [0.1, 0.15) is 12.4 Å². The number of nitrogens with zero attached hydrogens (tertiary/aromatic N) is 1. The Kier molecular flexibility index (Phi) is 8.37. The summed E-state index contributed by atoms with van der Waals surface area (Å²) in [4.78, 5) is 16.7. The summed E-state index contributed by atoms with van der Waals surface area (Å²) in [5.41, 5.74) is 3.06. The van der Waals surface area contributed by atoms with Crippen LogP contribution in [0.15, 0.2) is 53.7 Å². The Morgan fingerprint density at radius 2 is 1.83 bits per heavy atom. The Hall–Kier alpha value is -2.91. The molecular formula is C21H25NO7S. The number of hydrogen-bond acceptors (Lipinski definition) is 7. The van der Waals surface area contributed by atoms with Crippen LogP contribution in [0.25, 0.3) is 0 Å². The molecular weight excluding hydrogens is 410 g/mol. The lowest BCUT2D eigenvalue weighted by Gasteiger charge is -2.13. The van der Waals surface area contributed by atoms with E-state index in [1.165, 1.54) is 12.1 Å². The molecule has 0 aliphatic heterocycles. The Bertz CT molecular complexity index is 985. The lowest BCUT2D eigenvalue weighted by Crippen LogP contribution is -2.26. The molecule has 1 N–H and O–H groups in total. The van der Waals surface area contributed by atoms with Gasteiger partial charge in [0.15, 0.2) is 6.10 Å². The van der Waals surface area contributed by atoms with Crippen molar-refractivity contribution in [3.63, 3.8) is 0 Å². The van der Waals surface area contributed by atoms with Crippen molar-refractivity contribution in [3.05, 3.63) is 65.2 Å². The largest absolute Gasteiger partial charge is 0.479 e. The predicted molar refractivity (Wildman–Crippen MR) is 112 cm³/mol. The smallest absolute Gasteiger partial charge is 0.333 e. The van der Waals surface area contributed by atoms with E-state index in [-0.39, 0.29) is 18.8 Å².